The molecule has 0 unspecified atom stereocenters. The van der Waals surface area contributed by atoms with E-state index in [9.17, 15) is 9.59 Å². The van der Waals surface area contributed by atoms with Gasteiger partial charge in [-0.15, -0.1) is 0 Å². The molecule has 0 amide bonds. The Morgan fingerprint density at radius 2 is 1.69 bits per heavy atom. The number of thiazole rings is 1. The minimum atomic E-state index is -0.784. The van der Waals surface area contributed by atoms with E-state index in [2.05, 4.69) is 4.99 Å². The second kappa shape index (κ2) is 13.9. The molecule has 0 fully saturated rings. The minimum absolute atomic E-state index is 0.0669. The van der Waals surface area contributed by atoms with Crippen LogP contribution in [0.25, 0.3) is 6.08 Å². The number of ether oxygens (including phenoxy) is 5. The van der Waals surface area contributed by atoms with Crippen LogP contribution < -0.4 is 33.8 Å². The molecule has 45 heavy (non-hydrogen) atoms. The molecule has 1 atom stereocenters. The third-order valence-corrected chi connectivity index (χ3v) is 8.09. The Morgan fingerprint density at radius 1 is 0.978 bits per heavy atom. The highest BCUT2D eigenvalue weighted by atomic mass is 32.1. The quantitative estimate of drug-likeness (QED) is 0.211. The van der Waals surface area contributed by atoms with Crippen molar-refractivity contribution in [3.8, 4) is 23.0 Å². The van der Waals surface area contributed by atoms with E-state index in [0.717, 1.165) is 11.1 Å². The average molecular weight is 629 g/mol. The number of rotatable bonds is 11. The number of methoxy groups -OCH3 is 2. The van der Waals surface area contributed by atoms with Gasteiger partial charge >= 0.3 is 5.97 Å². The molecular formula is C35H36N2O7S. The molecule has 0 saturated carbocycles. The van der Waals surface area contributed by atoms with Gasteiger partial charge in [0, 0.05) is 0 Å². The molecule has 3 aromatic carbocycles. The van der Waals surface area contributed by atoms with Crippen molar-refractivity contribution < 1.29 is 28.5 Å². The highest BCUT2D eigenvalue weighted by Crippen LogP contribution is 2.36. The zero-order valence-corrected chi connectivity index (χ0v) is 27.0. The van der Waals surface area contributed by atoms with E-state index in [0.29, 0.717) is 50.2 Å². The molecule has 1 aliphatic rings. The monoisotopic (exact) mass is 628 g/mol. The summed E-state index contributed by atoms with van der Waals surface area (Å²) in [5.41, 5.74) is 2.93. The fourth-order valence-electron chi connectivity index (χ4n) is 5.09. The number of hydrogen-bond donors (Lipinski definition) is 0. The van der Waals surface area contributed by atoms with Gasteiger partial charge in [-0.25, -0.2) is 9.79 Å². The van der Waals surface area contributed by atoms with E-state index in [1.165, 1.54) is 11.3 Å². The lowest BCUT2D eigenvalue weighted by Crippen LogP contribution is -2.40. The molecule has 0 aliphatic carbocycles. The SMILES string of the molecule is CCOC(=O)C1=C(C)N=c2s/c(=C\c3ccc(OCc4ccccc4)c(OC)c3)c(=O)n2[C@@H]1c1ccc(OC(C)C)c(OC)c1. The van der Waals surface area contributed by atoms with E-state index in [4.69, 9.17) is 23.7 Å². The summed E-state index contributed by atoms with van der Waals surface area (Å²) in [7, 11) is 3.13. The molecule has 0 N–H and O–H groups in total. The van der Waals surface area contributed by atoms with Gasteiger partial charge < -0.3 is 23.7 Å². The number of hydrogen-bond acceptors (Lipinski definition) is 9. The number of nitrogens with zero attached hydrogens (tertiary/aromatic N) is 2. The molecule has 234 valence electrons. The van der Waals surface area contributed by atoms with Crippen LogP contribution in [0, 0.1) is 0 Å². The normalized spacial score (nSPS) is 14.6. The Labute approximate surface area is 265 Å². The van der Waals surface area contributed by atoms with Gasteiger partial charge in [-0.3, -0.25) is 9.36 Å². The van der Waals surface area contributed by atoms with E-state index >= 15 is 0 Å². The second-order valence-electron chi connectivity index (χ2n) is 10.6. The first-order valence-electron chi connectivity index (χ1n) is 14.6. The van der Waals surface area contributed by atoms with Crippen molar-refractivity contribution in [1.29, 1.82) is 0 Å². The smallest absolute Gasteiger partial charge is 0.338 e. The molecule has 2 heterocycles. The molecule has 0 saturated heterocycles. The van der Waals surface area contributed by atoms with Crippen molar-refractivity contribution in [2.75, 3.05) is 20.8 Å². The molecule has 0 radical (unpaired) electrons. The van der Waals surface area contributed by atoms with Crippen molar-refractivity contribution >= 4 is 23.4 Å². The second-order valence-corrected chi connectivity index (χ2v) is 11.6. The van der Waals surface area contributed by atoms with Crippen LogP contribution in [0.4, 0.5) is 0 Å². The van der Waals surface area contributed by atoms with Crippen LogP contribution in [0.2, 0.25) is 0 Å². The lowest BCUT2D eigenvalue weighted by Gasteiger charge is -2.25. The Morgan fingerprint density at radius 3 is 2.38 bits per heavy atom. The molecule has 0 bridgehead atoms. The van der Waals surface area contributed by atoms with Crippen molar-refractivity contribution in [3.63, 3.8) is 0 Å². The maximum Gasteiger partial charge on any atom is 0.338 e. The van der Waals surface area contributed by atoms with Gasteiger partial charge in [0.05, 0.1) is 48.8 Å². The van der Waals surface area contributed by atoms with Gasteiger partial charge in [0.15, 0.2) is 27.8 Å². The van der Waals surface area contributed by atoms with Crippen LogP contribution in [0.5, 0.6) is 23.0 Å². The summed E-state index contributed by atoms with van der Waals surface area (Å²) < 4.78 is 30.6. The van der Waals surface area contributed by atoms with Crippen molar-refractivity contribution in [2.45, 2.75) is 46.4 Å². The number of benzene rings is 3. The number of aromatic nitrogens is 1. The molecule has 0 spiro atoms. The Bertz CT molecular complexity index is 1910. The fraction of sp³-hybridized carbons (Fsp3) is 0.286. The highest BCUT2D eigenvalue weighted by Gasteiger charge is 2.34. The Hall–Kier alpha value is -4.83. The van der Waals surface area contributed by atoms with Crippen LogP contribution in [0.15, 0.2) is 87.8 Å². The summed E-state index contributed by atoms with van der Waals surface area (Å²) in [5.74, 6) is 1.65. The van der Waals surface area contributed by atoms with Crippen LogP contribution in [-0.4, -0.2) is 37.5 Å². The Balaban J connectivity index is 1.58. The van der Waals surface area contributed by atoms with E-state index in [1.807, 2.05) is 68.4 Å². The number of carbonyl (C=O) groups is 1. The zero-order chi connectivity index (χ0) is 32.1. The summed E-state index contributed by atoms with van der Waals surface area (Å²) in [6.07, 6.45) is 1.72. The van der Waals surface area contributed by atoms with Crippen molar-refractivity contribution in [1.82, 2.24) is 4.57 Å². The predicted molar refractivity (Wildman–Crippen MR) is 173 cm³/mol. The van der Waals surface area contributed by atoms with E-state index < -0.39 is 12.0 Å². The van der Waals surface area contributed by atoms with Crippen molar-refractivity contribution in [3.05, 3.63) is 114 Å². The van der Waals surface area contributed by atoms with Crippen LogP contribution in [-0.2, 0) is 16.1 Å². The predicted octanol–water partition coefficient (Wildman–Crippen LogP) is 5.18. The molecular weight excluding hydrogens is 592 g/mol. The first-order chi connectivity index (χ1) is 21.7. The number of allylic oxidation sites excluding steroid dienone is 1. The summed E-state index contributed by atoms with van der Waals surface area (Å²) in [6.45, 7) is 7.93. The molecule has 5 rings (SSSR count). The lowest BCUT2D eigenvalue weighted by atomic mass is 9.95. The summed E-state index contributed by atoms with van der Waals surface area (Å²) >= 11 is 1.25. The number of carbonyl (C=O) groups excluding carboxylic acids is 1. The maximum atomic E-state index is 14.1. The van der Waals surface area contributed by atoms with Crippen LogP contribution in [0.3, 0.4) is 0 Å². The molecule has 4 aromatic rings. The van der Waals surface area contributed by atoms with Gasteiger partial charge in [-0.2, -0.15) is 0 Å². The molecule has 1 aromatic heterocycles. The highest BCUT2D eigenvalue weighted by molar-refractivity contribution is 7.07. The topological polar surface area (TPSA) is 97.6 Å². The summed E-state index contributed by atoms with van der Waals surface area (Å²) in [6, 6.07) is 20.0. The van der Waals surface area contributed by atoms with E-state index in [-0.39, 0.29) is 23.8 Å². The third kappa shape index (κ3) is 6.81. The van der Waals surface area contributed by atoms with Crippen molar-refractivity contribution in [2.24, 2.45) is 4.99 Å². The van der Waals surface area contributed by atoms with Gasteiger partial charge in [0.25, 0.3) is 5.56 Å². The van der Waals surface area contributed by atoms with Gasteiger partial charge in [0.1, 0.15) is 6.61 Å². The standard InChI is InChI=1S/C35H36N2O7S/c1-7-42-34(39)31-22(4)36-35-37(32(31)25-14-16-27(44-21(2)3)29(19-25)41-6)33(38)30(45-35)18-24-13-15-26(28(17-24)40-5)43-20-23-11-9-8-10-12-23/h8-19,21,32H,7,20H2,1-6H3/b30-18-/t32-/m1/s1. The number of fused-ring (bicyclic) bond motifs is 1. The fourth-order valence-corrected chi connectivity index (χ4v) is 6.14. The number of esters is 1. The lowest BCUT2D eigenvalue weighted by molar-refractivity contribution is -0.139. The first kappa shape index (κ1) is 31.6. The molecule has 9 nitrogen and oxygen atoms in total. The van der Waals surface area contributed by atoms with Gasteiger partial charge in [0.2, 0.25) is 0 Å². The zero-order valence-electron chi connectivity index (χ0n) is 26.2. The maximum absolute atomic E-state index is 14.1. The minimum Gasteiger partial charge on any atom is -0.493 e. The first-order valence-corrected chi connectivity index (χ1v) is 15.4. The molecule has 10 heteroatoms. The van der Waals surface area contributed by atoms with Gasteiger partial charge in [-0.1, -0.05) is 53.8 Å². The average Bonchev–Trinajstić information content (AvgIpc) is 3.33. The summed E-state index contributed by atoms with van der Waals surface area (Å²) in [5, 5.41) is 0. The third-order valence-electron chi connectivity index (χ3n) is 7.11. The Kier molecular flexibility index (Phi) is 9.73. The van der Waals surface area contributed by atoms with E-state index in [1.54, 1.807) is 50.8 Å². The molecule has 1 aliphatic heterocycles. The van der Waals surface area contributed by atoms with Crippen LogP contribution in [0.1, 0.15) is 50.4 Å². The van der Waals surface area contributed by atoms with Gasteiger partial charge in [-0.05, 0) is 74.7 Å². The largest absolute Gasteiger partial charge is 0.493 e. The summed E-state index contributed by atoms with van der Waals surface area (Å²) in [4.78, 5) is 32.5. The van der Waals surface area contributed by atoms with Crippen LogP contribution >= 0.6 is 11.3 Å².